The normalized spacial score (nSPS) is 12.2. The first-order valence-electron chi connectivity index (χ1n) is 7.88. The van der Waals surface area contributed by atoms with Gasteiger partial charge in [-0.3, -0.25) is 4.79 Å². The lowest BCUT2D eigenvalue weighted by atomic mass is 10.0. The van der Waals surface area contributed by atoms with Crippen LogP contribution in [0.1, 0.15) is 21.5 Å². The van der Waals surface area contributed by atoms with Gasteiger partial charge in [0.1, 0.15) is 6.04 Å². The molecule has 0 spiro atoms. The van der Waals surface area contributed by atoms with Crippen LogP contribution < -0.4 is 5.32 Å². The minimum Gasteiger partial charge on any atom is -0.480 e. The Morgan fingerprint density at radius 1 is 1.04 bits per heavy atom. The second-order valence-electron chi connectivity index (χ2n) is 5.84. The van der Waals surface area contributed by atoms with Crippen LogP contribution in [0.3, 0.4) is 0 Å². The van der Waals surface area contributed by atoms with E-state index in [-0.39, 0.29) is 5.56 Å². The van der Waals surface area contributed by atoms with E-state index in [0.29, 0.717) is 13.0 Å². The maximum Gasteiger partial charge on any atom is 0.335 e. The largest absolute Gasteiger partial charge is 0.480 e. The third-order valence-corrected chi connectivity index (χ3v) is 4.15. The number of H-pyrrole nitrogens is 1. The van der Waals surface area contributed by atoms with Crippen LogP contribution in [0.4, 0.5) is 0 Å². The van der Waals surface area contributed by atoms with Gasteiger partial charge in [0.25, 0.3) is 0 Å². The van der Waals surface area contributed by atoms with Crippen LogP contribution in [0.2, 0.25) is 0 Å². The number of benzene rings is 2. The number of hydrogen-bond acceptors (Lipinski definition) is 3. The van der Waals surface area contributed by atoms with E-state index in [4.69, 9.17) is 5.11 Å². The van der Waals surface area contributed by atoms with Crippen LogP contribution in [0.25, 0.3) is 10.9 Å². The number of hydrogen-bond donors (Lipinski definition) is 4. The van der Waals surface area contributed by atoms with Gasteiger partial charge < -0.3 is 20.5 Å². The van der Waals surface area contributed by atoms with E-state index >= 15 is 0 Å². The van der Waals surface area contributed by atoms with Gasteiger partial charge in [-0.1, -0.05) is 30.3 Å². The molecule has 1 heterocycles. The Labute approximate surface area is 144 Å². The third-order valence-electron chi connectivity index (χ3n) is 4.15. The second-order valence-corrected chi connectivity index (χ2v) is 5.84. The molecule has 4 N–H and O–H groups in total. The smallest absolute Gasteiger partial charge is 0.335 e. The molecule has 6 heteroatoms. The molecular weight excluding hydrogens is 320 g/mol. The monoisotopic (exact) mass is 338 g/mol. The van der Waals surface area contributed by atoms with Crippen LogP contribution >= 0.6 is 0 Å². The van der Waals surface area contributed by atoms with Crippen molar-refractivity contribution in [3.8, 4) is 0 Å². The molecule has 2 aromatic carbocycles. The van der Waals surface area contributed by atoms with Gasteiger partial charge in [0, 0.05) is 30.1 Å². The fraction of sp³-hybridized carbons (Fsp3) is 0.158. The van der Waals surface area contributed by atoms with E-state index in [1.54, 1.807) is 12.1 Å². The van der Waals surface area contributed by atoms with Gasteiger partial charge in [-0.15, -0.1) is 0 Å². The number of nitrogens with one attached hydrogen (secondary N) is 2. The first-order valence-corrected chi connectivity index (χ1v) is 7.88. The maximum absolute atomic E-state index is 11.6. The number of fused-ring (bicyclic) bond motifs is 1. The molecule has 128 valence electrons. The number of aromatic nitrogens is 1. The number of aliphatic carboxylic acids is 1. The highest BCUT2D eigenvalue weighted by Gasteiger charge is 2.19. The summed E-state index contributed by atoms with van der Waals surface area (Å²) in [5.74, 6) is -1.91. The maximum atomic E-state index is 11.6. The van der Waals surface area contributed by atoms with Crippen LogP contribution in [0, 0.1) is 0 Å². The number of aromatic amines is 1. The predicted molar refractivity (Wildman–Crippen MR) is 93.7 cm³/mol. The average Bonchev–Trinajstić information content (AvgIpc) is 3.01. The average molecular weight is 338 g/mol. The standard InChI is InChI=1S/C19H18N2O4/c22-18(23)13-7-5-12(6-8-13)10-20-17(19(24)25)9-14-11-21-16-4-2-1-3-15(14)16/h1-8,11,17,20-21H,9-10H2,(H,22,23)(H,24,25)/t17-/m0/s1. The van der Waals surface area contributed by atoms with Gasteiger partial charge in [-0.05, 0) is 29.3 Å². The summed E-state index contributed by atoms with van der Waals surface area (Å²) in [7, 11) is 0. The number of carboxylic acids is 2. The highest BCUT2D eigenvalue weighted by atomic mass is 16.4. The van der Waals surface area contributed by atoms with Gasteiger partial charge >= 0.3 is 11.9 Å². The summed E-state index contributed by atoms with van der Waals surface area (Å²) in [6.07, 6.45) is 2.19. The molecule has 3 aromatic rings. The molecular formula is C19H18N2O4. The van der Waals surface area contributed by atoms with Crippen LogP contribution in [-0.4, -0.2) is 33.2 Å². The Kier molecular flexibility index (Phi) is 4.81. The number of aromatic carboxylic acids is 1. The van der Waals surface area contributed by atoms with E-state index in [2.05, 4.69) is 10.3 Å². The van der Waals surface area contributed by atoms with E-state index in [1.807, 2.05) is 30.5 Å². The van der Waals surface area contributed by atoms with Crippen molar-refractivity contribution in [2.24, 2.45) is 0 Å². The molecule has 25 heavy (non-hydrogen) atoms. The Morgan fingerprint density at radius 2 is 1.76 bits per heavy atom. The number of carboxylic acid groups (broad SMARTS) is 2. The fourth-order valence-corrected chi connectivity index (χ4v) is 2.77. The quantitative estimate of drug-likeness (QED) is 0.530. The first kappa shape index (κ1) is 16.7. The van der Waals surface area contributed by atoms with Gasteiger partial charge in [-0.25, -0.2) is 4.79 Å². The number of carbonyl (C=O) groups is 2. The van der Waals surface area contributed by atoms with Crippen LogP contribution in [0.5, 0.6) is 0 Å². The minimum absolute atomic E-state index is 0.206. The summed E-state index contributed by atoms with van der Waals surface area (Å²) >= 11 is 0. The van der Waals surface area contributed by atoms with E-state index < -0.39 is 18.0 Å². The van der Waals surface area contributed by atoms with Crippen molar-refractivity contribution in [2.45, 2.75) is 19.0 Å². The van der Waals surface area contributed by atoms with Crippen molar-refractivity contribution < 1.29 is 19.8 Å². The van der Waals surface area contributed by atoms with Gasteiger partial charge in [-0.2, -0.15) is 0 Å². The fourth-order valence-electron chi connectivity index (χ4n) is 2.77. The SMILES string of the molecule is O=C(O)c1ccc(CN[C@@H](Cc2c[nH]c3ccccc23)C(=O)O)cc1. The molecule has 0 amide bonds. The van der Waals surface area contributed by atoms with Crippen LogP contribution in [0.15, 0.2) is 54.7 Å². The van der Waals surface area contributed by atoms with Crippen molar-refractivity contribution in [3.05, 3.63) is 71.4 Å². The van der Waals surface area contributed by atoms with Crippen molar-refractivity contribution in [1.82, 2.24) is 10.3 Å². The van der Waals surface area contributed by atoms with Crippen LogP contribution in [-0.2, 0) is 17.8 Å². The van der Waals surface area contributed by atoms with E-state index in [9.17, 15) is 14.7 Å². The summed E-state index contributed by atoms with van der Waals surface area (Å²) in [4.78, 5) is 25.6. The molecule has 0 aliphatic carbocycles. The number of rotatable bonds is 7. The van der Waals surface area contributed by atoms with Crippen molar-refractivity contribution in [2.75, 3.05) is 0 Å². The lowest BCUT2D eigenvalue weighted by molar-refractivity contribution is -0.139. The highest BCUT2D eigenvalue weighted by molar-refractivity contribution is 5.87. The zero-order chi connectivity index (χ0) is 17.8. The second kappa shape index (κ2) is 7.19. The first-order chi connectivity index (χ1) is 12.0. The molecule has 0 unspecified atom stereocenters. The van der Waals surface area contributed by atoms with Crippen molar-refractivity contribution in [1.29, 1.82) is 0 Å². The zero-order valence-corrected chi connectivity index (χ0v) is 13.4. The molecule has 0 aliphatic heterocycles. The number of para-hydroxylation sites is 1. The Balaban J connectivity index is 1.69. The molecule has 0 fully saturated rings. The topological polar surface area (TPSA) is 102 Å². The Hall–Kier alpha value is -3.12. The summed E-state index contributed by atoms with van der Waals surface area (Å²) in [6.45, 7) is 0.346. The lowest BCUT2D eigenvalue weighted by Crippen LogP contribution is -2.38. The Morgan fingerprint density at radius 3 is 2.44 bits per heavy atom. The summed E-state index contributed by atoms with van der Waals surface area (Å²) in [5.41, 5.74) is 2.95. The summed E-state index contributed by atoms with van der Waals surface area (Å²) in [6, 6.07) is 13.4. The zero-order valence-electron chi connectivity index (χ0n) is 13.4. The molecule has 1 aromatic heterocycles. The predicted octanol–water partition coefficient (Wildman–Crippen LogP) is 2.65. The molecule has 0 aliphatic rings. The van der Waals surface area contributed by atoms with Gasteiger partial charge in [0.15, 0.2) is 0 Å². The van der Waals surface area contributed by atoms with Crippen molar-refractivity contribution in [3.63, 3.8) is 0 Å². The molecule has 1 atom stereocenters. The highest BCUT2D eigenvalue weighted by Crippen LogP contribution is 2.19. The van der Waals surface area contributed by atoms with Crippen molar-refractivity contribution >= 4 is 22.8 Å². The van der Waals surface area contributed by atoms with E-state index in [1.165, 1.54) is 12.1 Å². The molecule has 6 nitrogen and oxygen atoms in total. The summed E-state index contributed by atoms with van der Waals surface area (Å²) < 4.78 is 0. The lowest BCUT2D eigenvalue weighted by Gasteiger charge is -2.14. The molecule has 0 saturated carbocycles. The molecule has 0 radical (unpaired) electrons. The third kappa shape index (κ3) is 3.87. The summed E-state index contributed by atoms with van der Waals surface area (Å²) in [5, 5.41) is 22.4. The molecule has 0 bridgehead atoms. The van der Waals surface area contributed by atoms with Gasteiger partial charge in [0.05, 0.1) is 5.56 Å². The minimum atomic E-state index is -0.984. The molecule has 3 rings (SSSR count). The molecule has 0 saturated heterocycles. The van der Waals surface area contributed by atoms with Gasteiger partial charge in [0.2, 0.25) is 0 Å². The Bertz CT molecular complexity index is 899. The van der Waals surface area contributed by atoms with E-state index in [0.717, 1.165) is 22.0 Å².